The number of hydrogen-bond donors (Lipinski definition) is 1. The van der Waals surface area contributed by atoms with Crippen molar-refractivity contribution in [1.82, 2.24) is 9.80 Å². The first-order chi connectivity index (χ1) is 8.40. The molecule has 0 heterocycles. The number of hydrogen-bond acceptors (Lipinski definition) is 2. The molecule has 18 heavy (non-hydrogen) atoms. The van der Waals surface area contributed by atoms with Gasteiger partial charge in [0.25, 0.3) is 0 Å². The maximum Gasteiger partial charge on any atom is 0.321 e. The lowest BCUT2D eigenvalue weighted by atomic mass is 10.2. The van der Waals surface area contributed by atoms with Crippen molar-refractivity contribution in [3.63, 3.8) is 0 Å². The lowest BCUT2D eigenvalue weighted by molar-refractivity contribution is 0.217. The average molecular weight is 314 g/mol. The summed E-state index contributed by atoms with van der Waals surface area (Å²) >= 11 is 3.40. The molecule has 5 heteroatoms. The number of nitrogens with zero attached hydrogens (tertiary/aromatic N) is 2. The Kier molecular flexibility index (Phi) is 5.62. The number of aryl methyl sites for hydroxylation is 1. The zero-order chi connectivity index (χ0) is 13.7. The Morgan fingerprint density at radius 3 is 2.50 bits per heavy atom. The standard InChI is InChI=1S/C13H20BrN3O/c1-10-9-11(14)5-6-12(10)15-13(18)17(4)8-7-16(2)3/h5-6,9H,7-8H2,1-4H3,(H,15,18). The predicted molar refractivity (Wildman–Crippen MR) is 79.1 cm³/mol. The lowest BCUT2D eigenvalue weighted by Gasteiger charge is -2.20. The summed E-state index contributed by atoms with van der Waals surface area (Å²) < 4.78 is 1.01. The summed E-state index contributed by atoms with van der Waals surface area (Å²) in [5.41, 5.74) is 1.89. The van der Waals surface area contributed by atoms with Crippen molar-refractivity contribution in [3.05, 3.63) is 28.2 Å². The van der Waals surface area contributed by atoms with Crippen LogP contribution in [0.2, 0.25) is 0 Å². The normalized spacial score (nSPS) is 10.6. The van der Waals surface area contributed by atoms with Crippen molar-refractivity contribution in [1.29, 1.82) is 0 Å². The fourth-order valence-electron chi connectivity index (χ4n) is 1.43. The molecule has 0 radical (unpaired) electrons. The van der Waals surface area contributed by atoms with Gasteiger partial charge in [-0.25, -0.2) is 4.79 Å². The highest BCUT2D eigenvalue weighted by molar-refractivity contribution is 9.10. The summed E-state index contributed by atoms with van der Waals surface area (Å²) in [6, 6.07) is 5.72. The zero-order valence-electron chi connectivity index (χ0n) is 11.3. The van der Waals surface area contributed by atoms with E-state index in [4.69, 9.17) is 0 Å². The fourth-order valence-corrected chi connectivity index (χ4v) is 1.91. The zero-order valence-corrected chi connectivity index (χ0v) is 12.9. The van der Waals surface area contributed by atoms with E-state index in [1.54, 1.807) is 11.9 Å². The van der Waals surface area contributed by atoms with Gasteiger partial charge in [-0.05, 0) is 44.8 Å². The molecule has 0 saturated carbocycles. The fraction of sp³-hybridized carbons (Fsp3) is 0.462. The molecule has 0 aromatic heterocycles. The van der Waals surface area contributed by atoms with E-state index in [9.17, 15) is 4.79 Å². The molecule has 100 valence electrons. The van der Waals surface area contributed by atoms with E-state index in [1.807, 2.05) is 39.2 Å². The van der Waals surface area contributed by atoms with Gasteiger partial charge in [0.1, 0.15) is 0 Å². The van der Waals surface area contributed by atoms with Gasteiger partial charge in [0.15, 0.2) is 0 Å². The number of benzene rings is 1. The molecule has 0 saturated heterocycles. The van der Waals surface area contributed by atoms with E-state index in [2.05, 4.69) is 26.1 Å². The Balaban J connectivity index is 2.58. The second kappa shape index (κ2) is 6.75. The molecule has 0 spiro atoms. The van der Waals surface area contributed by atoms with Crippen LogP contribution in [0.3, 0.4) is 0 Å². The molecule has 1 aromatic carbocycles. The Morgan fingerprint density at radius 2 is 1.94 bits per heavy atom. The minimum absolute atomic E-state index is 0.0812. The van der Waals surface area contributed by atoms with Crippen LogP contribution in [0, 0.1) is 6.92 Å². The van der Waals surface area contributed by atoms with E-state index in [1.165, 1.54) is 0 Å². The van der Waals surface area contributed by atoms with Crippen LogP contribution >= 0.6 is 15.9 Å². The third kappa shape index (κ3) is 4.66. The summed E-state index contributed by atoms with van der Waals surface area (Å²) in [6.45, 7) is 3.53. The lowest BCUT2D eigenvalue weighted by Crippen LogP contribution is -2.36. The molecular formula is C13H20BrN3O. The molecule has 4 nitrogen and oxygen atoms in total. The van der Waals surface area contributed by atoms with Gasteiger partial charge in [-0.15, -0.1) is 0 Å². The van der Waals surface area contributed by atoms with E-state index in [-0.39, 0.29) is 6.03 Å². The van der Waals surface area contributed by atoms with Gasteiger partial charge < -0.3 is 15.1 Å². The minimum Gasteiger partial charge on any atom is -0.326 e. The molecule has 0 aliphatic heterocycles. The van der Waals surface area contributed by atoms with Crippen molar-refractivity contribution in [2.24, 2.45) is 0 Å². The maximum absolute atomic E-state index is 11.9. The molecule has 0 unspecified atom stereocenters. The number of rotatable bonds is 4. The number of urea groups is 1. The molecule has 0 atom stereocenters. The number of halogens is 1. The van der Waals surface area contributed by atoms with Gasteiger partial charge in [-0.3, -0.25) is 0 Å². The highest BCUT2D eigenvalue weighted by Gasteiger charge is 2.10. The minimum atomic E-state index is -0.0812. The molecular weight excluding hydrogens is 294 g/mol. The SMILES string of the molecule is Cc1cc(Br)ccc1NC(=O)N(C)CCN(C)C. The predicted octanol–water partition coefficient (Wildman–Crippen LogP) is 2.78. The van der Waals surface area contributed by atoms with E-state index in [0.29, 0.717) is 6.54 Å². The van der Waals surface area contributed by atoms with Crippen LogP contribution in [0.5, 0.6) is 0 Å². The summed E-state index contributed by atoms with van der Waals surface area (Å²) in [6.07, 6.45) is 0. The quantitative estimate of drug-likeness (QED) is 0.927. The molecule has 1 N–H and O–H groups in total. The smallest absolute Gasteiger partial charge is 0.321 e. The van der Waals surface area contributed by atoms with Crippen LogP contribution < -0.4 is 5.32 Å². The number of likely N-dealkylation sites (N-methyl/N-ethyl adjacent to an activating group) is 2. The molecule has 0 fully saturated rings. The summed E-state index contributed by atoms with van der Waals surface area (Å²) in [7, 11) is 5.78. The number of carbonyl (C=O) groups excluding carboxylic acids is 1. The largest absolute Gasteiger partial charge is 0.326 e. The first-order valence-electron chi connectivity index (χ1n) is 5.83. The van der Waals surface area contributed by atoms with Gasteiger partial charge >= 0.3 is 6.03 Å². The van der Waals surface area contributed by atoms with Gasteiger partial charge in [-0.2, -0.15) is 0 Å². The highest BCUT2D eigenvalue weighted by Crippen LogP contribution is 2.20. The van der Waals surface area contributed by atoms with Crippen LogP contribution in [0.4, 0.5) is 10.5 Å². The molecule has 0 bridgehead atoms. The Morgan fingerprint density at radius 1 is 1.28 bits per heavy atom. The Hall–Kier alpha value is -1.07. The van der Waals surface area contributed by atoms with Crippen LogP contribution in [0.1, 0.15) is 5.56 Å². The number of carbonyl (C=O) groups is 1. The third-order valence-corrected chi connectivity index (χ3v) is 3.15. The molecule has 0 aliphatic carbocycles. The molecule has 1 rings (SSSR count). The van der Waals surface area contributed by atoms with Gasteiger partial charge in [0.05, 0.1) is 0 Å². The van der Waals surface area contributed by atoms with E-state index in [0.717, 1.165) is 22.3 Å². The van der Waals surface area contributed by atoms with Crippen LogP contribution in [-0.4, -0.2) is 50.1 Å². The Bertz CT molecular complexity index is 421. The Labute approximate surface area is 117 Å². The molecule has 2 amide bonds. The van der Waals surface area contributed by atoms with Crippen molar-refractivity contribution < 1.29 is 4.79 Å². The third-order valence-electron chi connectivity index (χ3n) is 2.66. The number of anilines is 1. The van der Waals surface area contributed by atoms with Crippen molar-refractivity contribution >= 4 is 27.6 Å². The number of nitrogens with one attached hydrogen (secondary N) is 1. The first-order valence-corrected chi connectivity index (χ1v) is 6.62. The van der Waals surface area contributed by atoms with Gasteiger partial charge in [-0.1, -0.05) is 15.9 Å². The van der Waals surface area contributed by atoms with Crippen molar-refractivity contribution in [2.75, 3.05) is 39.5 Å². The summed E-state index contributed by atoms with van der Waals surface area (Å²) in [5, 5.41) is 2.91. The topological polar surface area (TPSA) is 35.6 Å². The van der Waals surface area contributed by atoms with E-state index >= 15 is 0 Å². The van der Waals surface area contributed by atoms with Gasteiger partial charge in [0, 0.05) is 30.3 Å². The average Bonchev–Trinajstić information content (AvgIpc) is 2.29. The second-order valence-electron chi connectivity index (χ2n) is 4.61. The first kappa shape index (κ1) is 15.0. The second-order valence-corrected chi connectivity index (χ2v) is 5.53. The van der Waals surface area contributed by atoms with Crippen LogP contribution in [0.15, 0.2) is 22.7 Å². The monoisotopic (exact) mass is 313 g/mol. The van der Waals surface area contributed by atoms with Gasteiger partial charge in [0.2, 0.25) is 0 Å². The van der Waals surface area contributed by atoms with Crippen LogP contribution in [0.25, 0.3) is 0 Å². The highest BCUT2D eigenvalue weighted by atomic mass is 79.9. The van der Waals surface area contributed by atoms with E-state index < -0.39 is 0 Å². The van der Waals surface area contributed by atoms with Crippen molar-refractivity contribution in [3.8, 4) is 0 Å². The van der Waals surface area contributed by atoms with Crippen molar-refractivity contribution in [2.45, 2.75) is 6.92 Å². The summed E-state index contributed by atoms with van der Waals surface area (Å²) in [4.78, 5) is 15.7. The maximum atomic E-state index is 11.9. The number of amides is 2. The molecule has 0 aliphatic rings. The summed E-state index contributed by atoms with van der Waals surface area (Å²) in [5.74, 6) is 0. The molecule has 1 aromatic rings. The van der Waals surface area contributed by atoms with Crippen LogP contribution in [-0.2, 0) is 0 Å².